The fourth-order valence-corrected chi connectivity index (χ4v) is 3.04. The summed E-state index contributed by atoms with van der Waals surface area (Å²) in [6.07, 6.45) is 6.38. The Balaban J connectivity index is 1.98. The molecule has 0 aliphatic heterocycles. The van der Waals surface area contributed by atoms with Crippen LogP contribution in [-0.4, -0.2) is 11.8 Å². The summed E-state index contributed by atoms with van der Waals surface area (Å²) >= 11 is 6.01. The van der Waals surface area contributed by atoms with Crippen molar-refractivity contribution in [3.63, 3.8) is 0 Å². The molecule has 0 unspecified atom stereocenters. The average molecular weight is 298 g/mol. The third-order valence-corrected chi connectivity index (χ3v) is 4.30. The Kier molecular flexibility index (Phi) is 4.72. The van der Waals surface area contributed by atoms with E-state index in [9.17, 15) is 0 Å². The predicted octanol–water partition coefficient (Wildman–Crippen LogP) is 5.51. The topological polar surface area (TPSA) is 12.4 Å². The zero-order valence-electron chi connectivity index (χ0n) is 12.1. The second-order valence-corrected chi connectivity index (χ2v) is 6.08. The number of halogens is 1. The van der Waals surface area contributed by atoms with Gasteiger partial charge in [-0.1, -0.05) is 73.3 Å². The van der Waals surface area contributed by atoms with Crippen LogP contribution in [0, 0.1) is 0 Å². The molecule has 0 aromatic heterocycles. The van der Waals surface area contributed by atoms with E-state index in [4.69, 9.17) is 16.6 Å². The van der Waals surface area contributed by atoms with E-state index in [1.54, 1.807) is 0 Å². The largest absolute Gasteiger partial charge is 0.281 e. The van der Waals surface area contributed by atoms with Gasteiger partial charge in [0.25, 0.3) is 0 Å². The van der Waals surface area contributed by atoms with Crippen LogP contribution in [0.5, 0.6) is 0 Å². The number of aliphatic imine (C=N–C) groups is 1. The Labute approximate surface area is 131 Å². The van der Waals surface area contributed by atoms with Gasteiger partial charge in [-0.15, -0.1) is 0 Å². The van der Waals surface area contributed by atoms with E-state index >= 15 is 0 Å². The highest BCUT2D eigenvalue weighted by atomic mass is 35.5. The van der Waals surface area contributed by atoms with Crippen molar-refractivity contribution in [3.05, 3.63) is 70.7 Å². The second-order valence-electron chi connectivity index (χ2n) is 5.64. The van der Waals surface area contributed by atoms with Crippen LogP contribution in [0.25, 0.3) is 0 Å². The Morgan fingerprint density at radius 1 is 0.810 bits per heavy atom. The van der Waals surface area contributed by atoms with Crippen LogP contribution in [-0.2, 0) is 0 Å². The summed E-state index contributed by atoms with van der Waals surface area (Å²) in [7, 11) is 0. The molecule has 0 atom stereocenters. The SMILES string of the molecule is Clc1ccc(C(=NC2CCCCC2)c2ccccc2)cc1. The highest BCUT2D eigenvalue weighted by Crippen LogP contribution is 2.23. The van der Waals surface area contributed by atoms with Crippen LogP contribution < -0.4 is 0 Å². The first-order valence-electron chi connectivity index (χ1n) is 7.72. The van der Waals surface area contributed by atoms with Gasteiger partial charge in [0.15, 0.2) is 0 Å². The zero-order valence-corrected chi connectivity index (χ0v) is 12.9. The van der Waals surface area contributed by atoms with E-state index in [2.05, 4.69) is 36.4 Å². The summed E-state index contributed by atoms with van der Waals surface area (Å²) < 4.78 is 0. The lowest BCUT2D eigenvalue weighted by atomic mass is 9.94. The first-order valence-corrected chi connectivity index (χ1v) is 8.10. The number of hydrogen-bond donors (Lipinski definition) is 0. The minimum absolute atomic E-state index is 0.463. The van der Waals surface area contributed by atoms with Crippen molar-refractivity contribution in [2.24, 2.45) is 4.99 Å². The molecular formula is C19H20ClN. The Morgan fingerprint density at radius 3 is 2.10 bits per heavy atom. The van der Waals surface area contributed by atoms with Gasteiger partial charge in [0.05, 0.1) is 11.8 Å². The molecule has 3 rings (SSSR count). The Morgan fingerprint density at radius 2 is 1.43 bits per heavy atom. The van der Waals surface area contributed by atoms with Crippen LogP contribution in [0.1, 0.15) is 43.2 Å². The monoisotopic (exact) mass is 297 g/mol. The summed E-state index contributed by atoms with van der Waals surface area (Å²) in [6.45, 7) is 0. The number of benzene rings is 2. The molecule has 1 nitrogen and oxygen atoms in total. The van der Waals surface area contributed by atoms with Gasteiger partial charge >= 0.3 is 0 Å². The molecule has 1 aliphatic rings. The number of nitrogens with zero attached hydrogens (tertiary/aromatic N) is 1. The molecule has 2 aromatic rings. The smallest absolute Gasteiger partial charge is 0.0722 e. The molecule has 1 aliphatic carbocycles. The standard InChI is InChI=1S/C19H20ClN/c20-17-13-11-16(12-14-17)19(15-7-3-1-4-8-15)21-18-9-5-2-6-10-18/h1,3-4,7-8,11-14,18H,2,5-6,9-10H2. The van der Waals surface area contributed by atoms with E-state index in [1.165, 1.54) is 37.7 Å². The summed E-state index contributed by atoms with van der Waals surface area (Å²) in [5, 5.41) is 0.767. The van der Waals surface area contributed by atoms with Gasteiger partial charge in [-0.05, 0) is 25.0 Å². The van der Waals surface area contributed by atoms with Gasteiger partial charge in [-0.2, -0.15) is 0 Å². The molecule has 0 amide bonds. The third-order valence-electron chi connectivity index (χ3n) is 4.05. The number of hydrogen-bond acceptors (Lipinski definition) is 1. The van der Waals surface area contributed by atoms with Crippen LogP contribution >= 0.6 is 11.6 Å². The maximum absolute atomic E-state index is 6.01. The summed E-state index contributed by atoms with van der Waals surface area (Å²) in [4.78, 5) is 5.08. The lowest BCUT2D eigenvalue weighted by Crippen LogP contribution is -2.14. The molecule has 1 fully saturated rings. The average Bonchev–Trinajstić information content (AvgIpc) is 2.55. The molecule has 2 aromatic carbocycles. The van der Waals surface area contributed by atoms with Crippen LogP contribution in [0.15, 0.2) is 59.6 Å². The van der Waals surface area contributed by atoms with Crippen molar-refractivity contribution in [1.29, 1.82) is 0 Å². The number of rotatable bonds is 3. The van der Waals surface area contributed by atoms with Crippen LogP contribution in [0.2, 0.25) is 5.02 Å². The van der Waals surface area contributed by atoms with E-state index in [1.807, 2.05) is 18.2 Å². The van der Waals surface area contributed by atoms with E-state index < -0.39 is 0 Å². The van der Waals surface area contributed by atoms with Crippen LogP contribution in [0.3, 0.4) is 0 Å². The Hall–Kier alpha value is -1.60. The molecule has 0 spiro atoms. The quantitative estimate of drug-likeness (QED) is 0.662. The van der Waals surface area contributed by atoms with Crippen molar-refractivity contribution in [1.82, 2.24) is 0 Å². The van der Waals surface area contributed by atoms with Gasteiger partial charge in [-0.3, -0.25) is 4.99 Å². The molecule has 0 radical (unpaired) electrons. The van der Waals surface area contributed by atoms with Crippen molar-refractivity contribution in [2.45, 2.75) is 38.1 Å². The molecule has 0 bridgehead atoms. The van der Waals surface area contributed by atoms with E-state index in [0.29, 0.717) is 6.04 Å². The molecule has 21 heavy (non-hydrogen) atoms. The van der Waals surface area contributed by atoms with Crippen molar-refractivity contribution >= 4 is 17.3 Å². The molecule has 0 saturated heterocycles. The fraction of sp³-hybridized carbons (Fsp3) is 0.316. The molecule has 0 N–H and O–H groups in total. The van der Waals surface area contributed by atoms with Crippen molar-refractivity contribution in [3.8, 4) is 0 Å². The first-order chi connectivity index (χ1) is 10.3. The highest BCUT2D eigenvalue weighted by molar-refractivity contribution is 6.30. The lowest BCUT2D eigenvalue weighted by Gasteiger charge is -2.20. The predicted molar refractivity (Wildman–Crippen MR) is 90.4 cm³/mol. The summed E-state index contributed by atoms with van der Waals surface area (Å²) in [6, 6.07) is 18.9. The highest BCUT2D eigenvalue weighted by Gasteiger charge is 2.15. The van der Waals surface area contributed by atoms with Crippen molar-refractivity contribution < 1.29 is 0 Å². The molecule has 1 saturated carbocycles. The Bertz CT molecular complexity index is 595. The summed E-state index contributed by atoms with van der Waals surface area (Å²) in [5.74, 6) is 0. The van der Waals surface area contributed by atoms with Gasteiger partial charge in [0, 0.05) is 16.1 Å². The fourth-order valence-electron chi connectivity index (χ4n) is 2.91. The first kappa shape index (κ1) is 14.3. The van der Waals surface area contributed by atoms with Crippen LogP contribution in [0.4, 0.5) is 0 Å². The van der Waals surface area contributed by atoms with E-state index in [0.717, 1.165) is 16.3 Å². The molecule has 2 heteroatoms. The van der Waals surface area contributed by atoms with Gasteiger partial charge in [0.1, 0.15) is 0 Å². The zero-order chi connectivity index (χ0) is 14.5. The maximum Gasteiger partial charge on any atom is 0.0722 e. The van der Waals surface area contributed by atoms with E-state index in [-0.39, 0.29) is 0 Å². The van der Waals surface area contributed by atoms with Gasteiger partial charge < -0.3 is 0 Å². The minimum atomic E-state index is 0.463. The van der Waals surface area contributed by atoms with Gasteiger partial charge in [-0.25, -0.2) is 0 Å². The van der Waals surface area contributed by atoms with Gasteiger partial charge in [0.2, 0.25) is 0 Å². The third kappa shape index (κ3) is 3.74. The maximum atomic E-state index is 6.01. The van der Waals surface area contributed by atoms with Crippen molar-refractivity contribution in [2.75, 3.05) is 0 Å². The molecule has 108 valence electrons. The second kappa shape index (κ2) is 6.91. The normalized spacial score (nSPS) is 16.9. The summed E-state index contributed by atoms with van der Waals surface area (Å²) in [5.41, 5.74) is 3.43. The minimum Gasteiger partial charge on any atom is -0.281 e. The molecule has 0 heterocycles. The molecular weight excluding hydrogens is 278 g/mol. The lowest BCUT2D eigenvalue weighted by molar-refractivity contribution is 0.443.